The lowest BCUT2D eigenvalue weighted by Crippen LogP contribution is -2.58. The van der Waals surface area contributed by atoms with E-state index in [1.54, 1.807) is 24.2 Å². The number of rotatable bonds is 6. The number of likely N-dealkylation sites (N-methyl/N-ethyl adjacent to an activating group) is 1. The van der Waals surface area contributed by atoms with Gasteiger partial charge in [0.2, 0.25) is 11.9 Å². The smallest absolute Gasteiger partial charge is 0.335 e. The lowest BCUT2D eigenvalue weighted by molar-refractivity contribution is -0.121. The Labute approximate surface area is 187 Å². The third-order valence-electron chi connectivity index (χ3n) is 6.28. The molecule has 4 rings (SSSR count). The number of hydrogen-bond acceptors (Lipinski definition) is 7. The van der Waals surface area contributed by atoms with Gasteiger partial charge in [-0.3, -0.25) is 4.79 Å². The van der Waals surface area contributed by atoms with Crippen molar-refractivity contribution in [3.05, 3.63) is 30.0 Å². The number of carboxylic acid groups (broad SMARTS) is 1. The van der Waals surface area contributed by atoms with Gasteiger partial charge in [0, 0.05) is 13.1 Å². The molecular weight excluding hydrogens is 410 g/mol. The maximum absolute atomic E-state index is 13.2. The standard InChI is InChI=1S/C23H29N5O4/c1-13(2)19-21(29)27(3)17-12-24-23(26-20(17)28(19)15-7-5-6-8-15)25-16-10-9-14(22(30)31)11-18(16)32-4/h9-13,15,19H,5-8H2,1-4H3,(H,30,31)(H,24,25,26). The maximum atomic E-state index is 13.2. The van der Waals surface area contributed by atoms with Crippen molar-refractivity contribution < 1.29 is 19.4 Å². The van der Waals surface area contributed by atoms with Gasteiger partial charge in [-0.1, -0.05) is 26.7 Å². The molecule has 1 aromatic carbocycles. The predicted molar refractivity (Wildman–Crippen MR) is 122 cm³/mol. The first-order valence-corrected chi connectivity index (χ1v) is 10.9. The number of aromatic nitrogens is 2. The molecular formula is C23H29N5O4. The van der Waals surface area contributed by atoms with Crippen molar-refractivity contribution in [2.75, 3.05) is 29.3 Å². The molecule has 9 nitrogen and oxygen atoms in total. The van der Waals surface area contributed by atoms with E-state index in [2.05, 4.69) is 29.0 Å². The highest BCUT2D eigenvalue weighted by Gasteiger charge is 2.43. The highest BCUT2D eigenvalue weighted by Crippen LogP contribution is 2.41. The fraction of sp³-hybridized carbons (Fsp3) is 0.478. The van der Waals surface area contributed by atoms with Crippen LogP contribution in [-0.4, -0.2) is 53.2 Å². The third-order valence-corrected chi connectivity index (χ3v) is 6.28. The molecule has 1 unspecified atom stereocenters. The molecule has 2 aromatic rings. The zero-order valence-corrected chi connectivity index (χ0v) is 18.8. The van der Waals surface area contributed by atoms with Crippen LogP contribution in [0.25, 0.3) is 0 Å². The molecule has 2 N–H and O–H groups in total. The van der Waals surface area contributed by atoms with Crippen LogP contribution in [0.5, 0.6) is 5.75 Å². The second-order valence-electron chi connectivity index (χ2n) is 8.68. The number of carbonyl (C=O) groups excluding carboxylic acids is 1. The molecule has 1 fully saturated rings. The van der Waals surface area contributed by atoms with Gasteiger partial charge in [0.1, 0.15) is 17.5 Å². The maximum Gasteiger partial charge on any atom is 0.335 e. The normalized spacial score (nSPS) is 18.8. The summed E-state index contributed by atoms with van der Waals surface area (Å²) < 4.78 is 5.36. The topological polar surface area (TPSA) is 108 Å². The fourth-order valence-corrected chi connectivity index (χ4v) is 4.66. The van der Waals surface area contributed by atoms with E-state index in [9.17, 15) is 14.7 Å². The SMILES string of the molecule is COc1cc(C(=O)O)ccc1Nc1ncc2c(n1)N(C1CCCC1)C(C(C)C)C(=O)N2C. The molecule has 0 radical (unpaired) electrons. The van der Waals surface area contributed by atoms with E-state index in [0.717, 1.165) is 31.5 Å². The Morgan fingerprint density at radius 3 is 2.62 bits per heavy atom. The largest absolute Gasteiger partial charge is 0.495 e. The molecule has 1 aliphatic carbocycles. The number of carbonyl (C=O) groups is 2. The van der Waals surface area contributed by atoms with Crippen LogP contribution in [-0.2, 0) is 4.79 Å². The Kier molecular flexibility index (Phi) is 5.90. The van der Waals surface area contributed by atoms with E-state index >= 15 is 0 Å². The summed E-state index contributed by atoms with van der Waals surface area (Å²) in [6, 6.07) is 4.58. The molecule has 2 heterocycles. The molecule has 1 aliphatic heterocycles. The number of fused-ring (bicyclic) bond motifs is 1. The van der Waals surface area contributed by atoms with Gasteiger partial charge < -0.3 is 25.0 Å². The third kappa shape index (κ3) is 3.83. The second-order valence-corrected chi connectivity index (χ2v) is 8.68. The van der Waals surface area contributed by atoms with E-state index in [1.807, 2.05) is 0 Å². The summed E-state index contributed by atoms with van der Waals surface area (Å²) >= 11 is 0. The van der Waals surface area contributed by atoms with Gasteiger partial charge in [0.15, 0.2) is 5.82 Å². The molecule has 1 amide bonds. The summed E-state index contributed by atoms with van der Waals surface area (Å²) in [6.45, 7) is 4.14. The minimum atomic E-state index is -1.03. The Balaban J connectivity index is 1.74. The number of ether oxygens (including phenoxy) is 1. The minimum absolute atomic E-state index is 0.0645. The number of nitrogens with one attached hydrogen (secondary N) is 1. The number of amides is 1. The van der Waals surface area contributed by atoms with Crippen LogP contribution in [0.2, 0.25) is 0 Å². The Bertz CT molecular complexity index is 1040. The monoisotopic (exact) mass is 439 g/mol. The zero-order chi connectivity index (χ0) is 23.0. The fourth-order valence-electron chi connectivity index (χ4n) is 4.66. The molecule has 0 bridgehead atoms. The molecule has 0 spiro atoms. The van der Waals surface area contributed by atoms with Crippen molar-refractivity contribution in [3.63, 3.8) is 0 Å². The van der Waals surface area contributed by atoms with Crippen LogP contribution < -0.4 is 19.9 Å². The van der Waals surface area contributed by atoms with Crippen molar-refractivity contribution in [3.8, 4) is 5.75 Å². The summed E-state index contributed by atoms with van der Waals surface area (Å²) in [7, 11) is 3.25. The summed E-state index contributed by atoms with van der Waals surface area (Å²) in [5.74, 6) is 0.656. The molecule has 170 valence electrons. The van der Waals surface area contributed by atoms with Crippen molar-refractivity contribution in [1.82, 2.24) is 9.97 Å². The van der Waals surface area contributed by atoms with E-state index in [-0.39, 0.29) is 29.5 Å². The van der Waals surface area contributed by atoms with Crippen molar-refractivity contribution in [1.29, 1.82) is 0 Å². The molecule has 2 aliphatic rings. The molecule has 32 heavy (non-hydrogen) atoms. The number of methoxy groups -OCH3 is 1. The van der Waals surface area contributed by atoms with Crippen LogP contribution in [0.15, 0.2) is 24.4 Å². The lowest BCUT2D eigenvalue weighted by Gasteiger charge is -2.45. The summed E-state index contributed by atoms with van der Waals surface area (Å²) in [4.78, 5) is 37.6. The van der Waals surface area contributed by atoms with Crippen LogP contribution in [0.3, 0.4) is 0 Å². The average Bonchev–Trinajstić information content (AvgIpc) is 3.30. The Morgan fingerprint density at radius 2 is 2.00 bits per heavy atom. The Morgan fingerprint density at radius 1 is 1.28 bits per heavy atom. The number of nitrogens with zero attached hydrogens (tertiary/aromatic N) is 4. The van der Waals surface area contributed by atoms with Gasteiger partial charge >= 0.3 is 5.97 Å². The first-order valence-electron chi connectivity index (χ1n) is 10.9. The zero-order valence-electron chi connectivity index (χ0n) is 18.8. The van der Waals surface area contributed by atoms with Gasteiger partial charge in [0.25, 0.3) is 0 Å². The lowest BCUT2D eigenvalue weighted by atomic mass is 9.96. The van der Waals surface area contributed by atoms with Crippen LogP contribution in [0.4, 0.5) is 23.1 Å². The summed E-state index contributed by atoms with van der Waals surface area (Å²) in [5.41, 5.74) is 1.38. The van der Waals surface area contributed by atoms with Crippen LogP contribution >= 0.6 is 0 Å². The van der Waals surface area contributed by atoms with Gasteiger partial charge in [-0.25, -0.2) is 9.78 Å². The quantitative estimate of drug-likeness (QED) is 0.702. The number of aromatic carboxylic acids is 1. The van der Waals surface area contributed by atoms with E-state index in [4.69, 9.17) is 9.72 Å². The minimum Gasteiger partial charge on any atom is -0.495 e. The van der Waals surface area contributed by atoms with Crippen molar-refractivity contribution >= 4 is 35.0 Å². The van der Waals surface area contributed by atoms with Crippen LogP contribution in [0, 0.1) is 5.92 Å². The first-order chi connectivity index (χ1) is 15.3. The molecule has 1 saturated carbocycles. The molecule has 1 aromatic heterocycles. The van der Waals surface area contributed by atoms with Gasteiger partial charge in [-0.2, -0.15) is 4.98 Å². The van der Waals surface area contributed by atoms with E-state index in [1.165, 1.54) is 19.2 Å². The van der Waals surface area contributed by atoms with Crippen molar-refractivity contribution in [2.24, 2.45) is 5.92 Å². The summed E-state index contributed by atoms with van der Waals surface area (Å²) in [6.07, 6.45) is 6.04. The number of benzene rings is 1. The van der Waals surface area contributed by atoms with Crippen molar-refractivity contribution in [2.45, 2.75) is 51.6 Å². The second kappa shape index (κ2) is 8.64. The van der Waals surface area contributed by atoms with E-state index in [0.29, 0.717) is 23.1 Å². The average molecular weight is 440 g/mol. The number of anilines is 4. The van der Waals surface area contributed by atoms with E-state index < -0.39 is 5.97 Å². The number of hydrogen-bond donors (Lipinski definition) is 2. The van der Waals surface area contributed by atoms with Gasteiger partial charge in [-0.05, 0) is 37.0 Å². The summed E-state index contributed by atoms with van der Waals surface area (Å²) in [5, 5.41) is 12.4. The number of carboxylic acids is 1. The Hall–Kier alpha value is -3.36. The first kappa shape index (κ1) is 21.9. The molecule has 9 heteroatoms. The van der Waals surface area contributed by atoms with Crippen LogP contribution in [0.1, 0.15) is 49.9 Å². The molecule has 1 atom stereocenters. The predicted octanol–water partition coefficient (Wildman–Crippen LogP) is 3.68. The van der Waals surface area contributed by atoms with Gasteiger partial charge in [0.05, 0.1) is 24.6 Å². The molecule has 0 saturated heterocycles. The van der Waals surface area contributed by atoms with Gasteiger partial charge in [-0.15, -0.1) is 0 Å². The highest BCUT2D eigenvalue weighted by molar-refractivity contribution is 6.04. The highest BCUT2D eigenvalue weighted by atomic mass is 16.5.